The lowest BCUT2D eigenvalue weighted by Gasteiger charge is -2.31. The molecule has 1 saturated heterocycles. The van der Waals surface area contributed by atoms with Gasteiger partial charge in [0, 0.05) is 47.6 Å². The van der Waals surface area contributed by atoms with Crippen molar-refractivity contribution in [3.8, 4) is 0 Å². The van der Waals surface area contributed by atoms with E-state index in [1.54, 1.807) is 6.07 Å². The largest absolute Gasteiger partial charge is 0.356 e. The Hall–Kier alpha value is -2.62. The first-order valence-corrected chi connectivity index (χ1v) is 11.5. The molecule has 3 N–H and O–H groups in total. The fourth-order valence-electron chi connectivity index (χ4n) is 4.68. The minimum atomic E-state index is -0.307. The Labute approximate surface area is 193 Å². The summed E-state index contributed by atoms with van der Waals surface area (Å²) in [5.74, 6) is 4.60. The number of fused-ring (bicyclic) bond motifs is 1. The van der Waals surface area contributed by atoms with Gasteiger partial charge in [0.25, 0.3) is 5.56 Å². The topological polar surface area (TPSA) is 110 Å². The molecule has 0 amide bonds. The monoisotopic (exact) mass is 459 g/mol. The van der Waals surface area contributed by atoms with Gasteiger partial charge in [0.15, 0.2) is 5.58 Å². The minimum absolute atomic E-state index is 0.106. The first-order chi connectivity index (χ1) is 15.9. The molecule has 33 heavy (non-hydrogen) atoms. The van der Waals surface area contributed by atoms with Crippen LogP contribution in [0.2, 0.25) is 0 Å². The van der Waals surface area contributed by atoms with Gasteiger partial charge >= 0.3 is 0 Å². The van der Waals surface area contributed by atoms with E-state index in [1.165, 1.54) is 12.1 Å². The summed E-state index contributed by atoms with van der Waals surface area (Å²) in [6.45, 7) is 11.5. The highest BCUT2D eigenvalue weighted by Gasteiger charge is 2.25. The number of nitrogens with two attached hydrogens (primary N) is 1. The van der Waals surface area contributed by atoms with Crippen molar-refractivity contribution in [1.29, 1.82) is 0 Å². The zero-order valence-electron chi connectivity index (χ0n) is 19.8. The predicted octanol–water partition coefficient (Wildman–Crippen LogP) is 3.73. The summed E-state index contributed by atoms with van der Waals surface area (Å²) in [5, 5.41) is 11.6. The second-order valence-corrected chi connectivity index (χ2v) is 8.81. The molecule has 1 aliphatic rings. The molecule has 9 heteroatoms. The summed E-state index contributed by atoms with van der Waals surface area (Å²) < 4.78 is 20.6. The van der Waals surface area contributed by atoms with Gasteiger partial charge in [0.2, 0.25) is 0 Å². The molecule has 8 nitrogen and oxygen atoms in total. The second kappa shape index (κ2) is 11.0. The van der Waals surface area contributed by atoms with Crippen LogP contribution in [0.1, 0.15) is 68.2 Å². The number of rotatable bonds is 6. The third-order valence-electron chi connectivity index (χ3n) is 6.45. The predicted molar refractivity (Wildman–Crippen MR) is 125 cm³/mol. The number of hydrogen-bond donors (Lipinski definition) is 2. The van der Waals surface area contributed by atoms with Crippen LogP contribution >= 0.6 is 0 Å². The Morgan fingerprint density at radius 3 is 2.61 bits per heavy atom. The van der Waals surface area contributed by atoms with Crippen LogP contribution in [0.3, 0.4) is 0 Å². The Morgan fingerprint density at radius 1 is 1.27 bits per heavy atom. The molecule has 0 atom stereocenters. The number of nitrogens with zero attached hydrogens (tertiary/aromatic N) is 4. The van der Waals surface area contributed by atoms with Crippen LogP contribution in [0.4, 0.5) is 4.39 Å². The number of likely N-dealkylation sites (tertiary alicyclic amines) is 1. The first kappa shape index (κ1) is 25.0. The van der Waals surface area contributed by atoms with Gasteiger partial charge < -0.3 is 14.6 Å². The minimum Gasteiger partial charge on any atom is -0.356 e. The molecule has 1 fully saturated rings. The first-order valence-electron chi connectivity index (χ1n) is 11.5. The summed E-state index contributed by atoms with van der Waals surface area (Å²) in [5.41, 5.74) is 3.24. The molecular formula is C24H34FN5O3. The quantitative estimate of drug-likeness (QED) is 0.540. The van der Waals surface area contributed by atoms with E-state index in [1.807, 2.05) is 18.4 Å². The molecular weight excluding hydrogens is 425 g/mol. The Kier molecular flexibility index (Phi) is 8.34. The lowest BCUT2D eigenvalue weighted by atomic mass is 9.91. The van der Waals surface area contributed by atoms with Crippen molar-refractivity contribution in [2.75, 3.05) is 19.6 Å². The smallest absolute Gasteiger partial charge is 0.256 e. The third kappa shape index (κ3) is 5.31. The lowest BCUT2D eigenvalue weighted by molar-refractivity contribution is 0.211. The van der Waals surface area contributed by atoms with Crippen LogP contribution < -0.4 is 11.5 Å². The molecule has 0 unspecified atom stereocenters. The number of piperidine rings is 1. The third-order valence-corrected chi connectivity index (χ3v) is 6.45. The van der Waals surface area contributed by atoms with Gasteiger partial charge in [-0.25, -0.2) is 15.3 Å². The second-order valence-electron chi connectivity index (χ2n) is 8.81. The van der Waals surface area contributed by atoms with Gasteiger partial charge in [0.05, 0.1) is 5.69 Å². The molecule has 2 aromatic heterocycles. The number of aromatic nitrogens is 3. The highest BCUT2D eigenvalue weighted by molar-refractivity contribution is 5.79. The van der Waals surface area contributed by atoms with Gasteiger partial charge in [-0.2, -0.15) is 0 Å². The van der Waals surface area contributed by atoms with Crippen LogP contribution in [0, 0.1) is 12.7 Å². The standard InChI is InChI=1S/C24H31FN4O2.H3NO/c1-5-29-23(15(2)3)26-16(4)19(24(29)30)10-13-28-11-8-17(9-12-28)22-20-7-6-18(25)14-21(20)31-27-22;1-2/h6-7,14-15,17H,5,8-13H2,1-4H3;2H,1H2. The normalized spacial score (nSPS) is 15.2. The zero-order chi connectivity index (χ0) is 24.1. The maximum atomic E-state index is 13.4. The van der Waals surface area contributed by atoms with Gasteiger partial charge in [-0.15, -0.1) is 0 Å². The van der Waals surface area contributed by atoms with Gasteiger partial charge in [0.1, 0.15) is 11.6 Å². The summed E-state index contributed by atoms with van der Waals surface area (Å²) >= 11 is 0. The number of aryl methyl sites for hydroxylation is 1. The average molecular weight is 460 g/mol. The molecule has 3 aromatic rings. The molecule has 4 rings (SSSR count). The summed E-state index contributed by atoms with van der Waals surface area (Å²) in [6.07, 6.45) is 2.66. The van der Waals surface area contributed by atoms with Gasteiger partial charge in [-0.1, -0.05) is 19.0 Å². The molecule has 0 saturated carbocycles. The fourth-order valence-corrected chi connectivity index (χ4v) is 4.68. The summed E-state index contributed by atoms with van der Waals surface area (Å²) in [7, 11) is 0. The molecule has 0 bridgehead atoms. The van der Waals surface area contributed by atoms with E-state index >= 15 is 0 Å². The zero-order valence-corrected chi connectivity index (χ0v) is 19.8. The van der Waals surface area contributed by atoms with Crippen molar-refractivity contribution in [3.05, 3.63) is 57.1 Å². The van der Waals surface area contributed by atoms with Crippen LogP contribution in [0.25, 0.3) is 11.0 Å². The van der Waals surface area contributed by atoms with Crippen molar-refractivity contribution < 1.29 is 14.1 Å². The Balaban J connectivity index is 0.00000149. The Morgan fingerprint density at radius 2 is 1.97 bits per heavy atom. The highest BCUT2D eigenvalue weighted by Crippen LogP contribution is 2.32. The van der Waals surface area contributed by atoms with E-state index < -0.39 is 0 Å². The number of hydrogen-bond acceptors (Lipinski definition) is 7. The molecule has 1 aromatic carbocycles. The van der Waals surface area contributed by atoms with Gasteiger partial charge in [-0.3, -0.25) is 9.36 Å². The van der Waals surface area contributed by atoms with Crippen LogP contribution in [0.5, 0.6) is 0 Å². The van der Waals surface area contributed by atoms with E-state index in [-0.39, 0.29) is 17.3 Å². The average Bonchev–Trinajstić information content (AvgIpc) is 3.23. The van der Waals surface area contributed by atoms with Crippen molar-refractivity contribution in [2.24, 2.45) is 5.90 Å². The molecule has 3 heterocycles. The molecule has 0 aliphatic carbocycles. The molecule has 0 radical (unpaired) electrons. The maximum absolute atomic E-state index is 13.4. The molecule has 180 valence electrons. The van der Waals surface area contributed by atoms with E-state index in [4.69, 9.17) is 14.7 Å². The van der Waals surface area contributed by atoms with E-state index in [9.17, 15) is 9.18 Å². The molecule has 1 aliphatic heterocycles. The van der Waals surface area contributed by atoms with E-state index in [0.717, 1.165) is 60.6 Å². The number of halogens is 1. The van der Waals surface area contributed by atoms with Crippen molar-refractivity contribution in [1.82, 2.24) is 19.6 Å². The highest BCUT2D eigenvalue weighted by atomic mass is 19.1. The Bertz CT molecular complexity index is 1130. The maximum Gasteiger partial charge on any atom is 0.256 e. The van der Waals surface area contributed by atoms with E-state index in [2.05, 4.69) is 29.8 Å². The van der Waals surface area contributed by atoms with Crippen molar-refractivity contribution in [2.45, 2.75) is 65.3 Å². The van der Waals surface area contributed by atoms with Crippen molar-refractivity contribution >= 4 is 11.0 Å². The summed E-state index contributed by atoms with van der Waals surface area (Å²) in [6, 6.07) is 4.62. The SMILES string of the molecule is CCn1c(C(C)C)nc(C)c(CCN2CCC(c3noc4cc(F)ccc34)CC2)c1=O.NO. The van der Waals surface area contributed by atoms with Crippen LogP contribution in [0.15, 0.2) is 27.5 Å². The van der Waals surface area contributed by atoms with E-state index in [0.29, 0.717) is 24.5 Å². The van der Waals surface area contributed by atoms with Crippen molar-refractivity contribution in [3.63, 3.8) is 0 Å². The van der Waals surface area contributed by atoms with Crippen LogP contribution in [-0.4, -0.2) is 44.4 Å². The molecule has 0 spiro atoms. The van der Waals surface area contributed by atoms with Gasteiger partial charge in [-0.05, 0) is 58.3 Å². The lowest BCUT2D eigenvalue weighted by Crippen LogP contribution is -2.36. The van der Waals surface area contributed by atoms with Crippen LogP contribution in [-0.2, 0) is 13.0 Å². The fraction of sp³-hybridized carbons (Fsp3) is 0.542. The summed E-state index contributed by atoms with van der Waals surface area (Å²) in [4.78, 5) is 20.2. The number of benzene rings is 1.